The second-order valence-corrected chi connectivity index (χ2v) is 11.1. The quantitative estimate of drug-likeness (QED) is 0.623. The normalized spacial score (nSPS) is 47.1. The number of hydrogen-bond donors (Lipinski definition) is 0. The fraction of sp³-hybridized carbons (Fsp3) is 0.840. The van der Waals surface area contributed by atoms with Gasteiger partial charge in [-0.3, -0.25) is 9.59 Å². The smallest absolute Gasteiger partial charge is 0.302 e. The molecule has 3 saturated carbocycles. The number of rotatable bonds is 2. The van der Waals surface area contributed by atoms with Gasteiger partial charge in [0.05, 0.1) is 13.2 Å². The van der Waals surface area contributed by atoms with Crippen molar-refractivity contribution in [3.8, 4) is 0 Å². The maximum atomic E-state index is 13.5. The molecule has 166 valence electrons. The van der Waals surface area contributed by atoms with E-state index in [1.807, 2.05) is 6.08 Å². The molecule has 5 aliphatic rings. The molecule has 30 heavy (non-hydrogen) atoms. The van der Waals surface area contributed by atoms with Crippen LogP contribution in [0.1, 0.15) is 72.6 Å². The fourth-order valence-electron chi connectivity index (χ4n) is 8.30. The third kappa shape index (κ3) is 2.87. The van der Waals surface area contributed by atoms with Crippen LogP contribution in [0.15, 0.2) is 11.6 Å². The molecule has 1 aliphatic heterocycles. The van der Waals surface area contributed by atoms with Gasteiger partial charge in [0.25, 0.3) is 0 Å². The van der Waals surface area contributed by atoms with Gasteiger partial charge in [-0.1, -0.05) is 19.4 Å². The van der Waals surface area contributed by atoms with Crippen LogP contribution in [0.3, 0.4) is 0 Å². The van der Waals surface area contributed by atoms with Crippen molar-refractivity contribution in [2.24, 2.45) is 34.5 Å². The molecule has 0 unspecified atom stereocenters. The van der Waals surface area contributed by atoms with Crippen molar-refractivity contribution < 1.29 is 23.8 Å². The third-order valence-electron chi connectivity index (χ3n) is 9.73. The minimum atomic E-state index is -0.499. The van der Waals surface area contributed by atoms with Crippen LogP contribution in [0.25, 0.3) is 0 Å². The lowest BCUT2D eigenvalue weighted by molar-refractivity contribution is -0.214. The van der Waals surface area contributed by atoms with E-state index in [-0.39, 0.29) is 28.8 Å². The van der Waals surface area contributed by atoms with Crippen LogP contribution in [0.5, 0.6) is 0 Å². The van der Waals surface area contributed by atoms with Gasteiger partial charge in [0.15, 0.2) is 11.6 Å². The highest BCUT2D eigenvalue weighted by molar-refractivity contribution is 5.94. The lowest BCUT2D eigenvalue weighted by Gasteiger charge is -2.58. The largest absolute Gasteiger partial charge is 0.462 e. The summed E-state index contributed by atoms with van der Waals surface area (Å²) in [6.45, 7) is 9.70. The van der Waals surface area contributed by atoms with Crippen LogP contribution in [0, 0.1) is 34.5 Å². The fourth-order valence-corrected chi connectivity index (χ4v) is 8.30. The lowest BCUT2D eigenvalue weighted by Crippen LogP contribution is -2.55. The Bertz CT molecular complexity index is 780. The number of ether oxygens (including phenoxy) is 3. The predicted octanol–water partition coefficient (Wildman–Crippen LogP) is 4.44. The summed E-state index contributed by atoms with van der Waals surface area (Å²) < 4.78 is 17.7. The van der Waals surface area contributed by atoms with Gasteiger partial charge in [-0.2, -0.15) is 0 Å². The van der Waals surface area contributed by atoms with Crippen LogP contribution < -0.4 is 0 Å². The molecule has 0 spiro atoms. The van der Waals surface area contributed by atoms with Crippen molar-refractivity contribution in [1.82, 2.24) is 0 Å². The number of carbonyl (C=O) groups excluding carboxylic acids is 2. The van der Waals surface area contributed by atoms with Crippen LogP contribution >= 0.6 is 0 Å². The predicted molar refractivity (Wildman–Crippen MR) is 111 cm³/mol. The van der Waals surface area contributed by atoms with Gasteiger partial charge >= 0.3 is 5.97 Å². The SMILES string of the molecule is CC(=O)O[C@H]1CC[C@@]2(C)C(=CC(=O)[C@H]3[C@@H]4CC[C@H](C5(C)OCCO5)[C@@]4(C)CC[C@@H]32)C1. The van der Waals surface area contributed by atoms with E-state index in [1.165, 1.54) is 12.5 Å². The first-order chi connectivity index (χ1) is 14.2. The summed E-state index contributed by atoms with van der Waals surface area (Å²) >= 11 is 0. The number of fused-ring (bicyclic) bond motifs is 5. The molecule has 0 aromatic heterocycles. The number of allylic oxidation sites excluding steroid dienone is 1. The second-order valence-electron chi connectivity index (χ2n) is 11.1. The molecule has 0 aromatic carbocycles. The average molecular weight is 417 g/mol. The van der Waals surface area contributed by atoms with Gasteiger partial charge in [0.2, 0.25) is 0 Å². The maximum Gasteiger partial charge on any atom is 0.302 e. The first-order valence-electron chi connectivity index (χ1n) is 11.9. The molecular weight excluding hydrogens is 380 g/mol. The summed E-state index contributed by atoms with van der Waals surface area (Å²) in [5, 5.41) is 0. The Morgan fingerprint density at radius 3 is 2.47 bits per heavy atom. The van der Waals surface area contributed by atoms with Gasteiger partial charge in [-0.25, -0.2) is 0 Å². The highest BCUT2D eigenvalue weighted by atomic mass is 16.7. The summed E-state index contributed by atoms with van der Waals surface area (Å²) in [5.41, 5.74) is 1.37. The van der Waals surface area contributed by atoms with Gasteiger partial charge in [0.1, 0.15) is 6.10 Å². The Kier molecular flexibility index (Phi) is 4.76. The van der Waals surface area contributed by atoms with Crippen molar-refractivity contribution in [1.29, 1.82) is 0 Å². The van der Waals surface area contributed by atoms with Gasteiger partial charge in [-0.15, -0.1) is 0 Å². The molecule has 5 rings (SSSR count). The molecule has 0 radical (unpaired) electrons. The van der Waals surface area contributed by atoms with E-state index in [4.69, 9.17) is 14.2 Å². The highest BCUT2D eigenvalue weighted by Gasteiger charge is 2.64. The monoisotopic (exact) mass is 416 g/mol. The standard InChI is InChI=1S/C25H36O5/c1-15(26)30-17-7-9-23(2)16(13-17)14-20(27)22-18-5-6-21(25(4)28-11-12-29-25)24(18,3)10-8-19(22)23/h14,17-19,21-22H,5-13H2,1-4H3/t17-,18-,19-,21-,22-,23-,24-/m0/s1. The zero-order valence-corrected chi connectivity index (χ0v) is 18.9. The van der Waals surface area contributed by atoms with E-state index in [0.29, 0.717) is 36.8 Å². The molecule has 7 atom stereocenters. The number of hydrogen-bond acceptors (Lipinski definition) is 5. The molecule has 5 nitrogen and oxygen atoms in total. The molecule has 0 amide bonds. The zero-order valence-electron chi connectivity index (χ0n) is 18.9. The lowest BCUT2D eigenvalue weighted by atomic mass is 9.47. The Morgan fingerprint density at radius 1 is 1.03 bits per heavy atom. The topological polar surface area (TPSA) is 61.8 Å². The van der Waals surface area contributed by atoms with Crippen molar-refractivity contribution >= 4 is 11.8 Å². The van der Waals surface area contributed by atoms with E-state index in [1.54, 1.807) is 0 Å². The van der Waals surface area contributed by atoms with E-state index in [0.717, 1.165) is 44.9 Å². The summed E-state index contributed by atoms with van der Waals surface area (Å²) in [6.07, 6.45) is 8.87. The summed E-state index contributed by atoms with van der Waals surface area (Å²) in [5.74, 6) is 0.853. The van der Waals surface area contributed by atoms with Crippen molar-refractivity contribution in [2.75, 3.05) is 13.2 Å². The number of esters is 1. The maximum absolute atomic E-state index is 13.5. The van der Waals surface area contributed by atoms with Gasteiger partial charge in [0, 0.05) is 25.2 Å². The summed E-state index contributed by atoms with van der Waals surface area (Å²) in [4.78, 5) is 24.9. The third-order valence-corrected chi connectivity index (χ3v) is 9.73. The van der Waals surface area contributed by atoms with E-state index >= 15 is 0 Å². The van der Waals surface area contributed by atoms with Crippen LogP contribution in [-0.2, 0) is 23.8 Å². The van der Waals surface area contributed by atoms with Gasteiger partial charge < -0.3 is 14.2 Å². The molecule has 0 aromatic rings. The van der Waals surface area contributed by atoms with Crippen LogP contribution in [0.4, 0.5) is 0 Å². The Balaban J connectivity index is 1.44. The molecule has 4 aliphatic carbocycles. The number of carbonyl (C=O) groups is 2. The molecule has 0 bridgehead atoms. The van der Waals surface area contributed by atoms with Crippen molar-refractivity contribution in [2.45, 2.75) is 84.5 Å². The molecule has 4 fully saturated rings. The molecular formula is C25H36O5. The summed E-state index contributed by atoms with van der Waals surface area (Å²) in [6, 6.07) is 0. The number of ketones is 1. The minimum absolute atomic E-state index is 0.0545. The Labute approximate surface area is 179 Å². The van der Waals surface area contributed by atoms with Crippen LogP contribution in [-0.4, -0.2) is 36.9 Å². The summed E-state index contributed by atoms with van der Waals surface area (Å²) in [7, 11) is 0. The molecule has 1 saturated heterocycles. The molecule has 0 N–H and O–H groups in total. The minimum Gasteiger partial charge on any atom is -0.462 e. The Morgan fingerprint density at radius 2 is 1.77 bits per heavy atom. The Hall–Kier alpha value is -1.20. The van der Waals surface area contributed by atoms with Crippen molar-refractivity contribution in [3.05, 3.63) is 11.6 Å². The van der Waals surface area contributed by atoms with E-state index < -0.39 is 5.79 Å². The zero-order chi connectivity index (χ0) is 21.3. The van der Waals surface area contributed by atoms with Gasteiger partial charge in [-0.05, 0) is 74.2 Å². The molecule has 5 heteroatoms. The average Bonchev–Trinajstić information content (AvgIpc) is 3.26. The second kappa shape index (κ2) is 6.90. The van der Waals surface area contributed by atoms with E-state index in [2.05, 4.69) is 20.8 Å². The molecule has 1 heterocycles. The van der Waals surface area contributed by atoms with Crippen LogP contribution in [0.2, 0.25) is 0 Å². The first-order valence-corrected chi connectivity index (χ1v) is 11.9. The van der Waals surface area contributed by atoms with E-state index in [9.17, 15) is 9.59 Å². The first kappa shape index (κ1) is 20.7. The highest BCUT2D eigenvalue weighted by Crippen LogP contribution is 2.67. The van der Waals surface area contributed by atoms with Crippen molar-refractivity contribution in [3.63, 3.8) is 0 Å².